The third-order valence-electron chi connectivity index (χ3n) is 3.07. The van der Waals surface area contributed by atoms with E-state index in [-0.39, 0.29) is 6.10 Å². The Morgan fingerprint density at radius 3 is 2.67 bits per heavy atom. The van der Waals surface area contributed by atoms with Crippen molar-refractivity contribution in [3.63, 3.8) is 0 Å². The van der Waals surface area contributed by atoms with E-state index in [0.29, 0.717) is 6.54 Å². The van der Waals surface area contributed by atoms with Crippen LogP contribution in [-0.4, -0.2) is 16.3 Å². The van der Waals surface area contributed by atoms with Crippen molar-refractivity contribution >= 4 is 0 Å². The van der Waals surface area contributed by atoms with Crippen molar-refractivity contribution in [2.24, 2.45) is 12.8 Å². The van der Waals surface area contributed by atoms with Crippen LogP contribution in [0.25, 0.3) is 0 Å². The van der Waals surface area contributed by atoms with Crippen LogP contribution in [0.1, 0.15) is 22.8 Å². The van der Waals surface area contributed by atoms with Crippen LogP contribution in [0.5, 0.6) is 5.75 Å². The van der Waals surface area contributed by atoms with Crippen LogP contribution in [0.2, 0.25) is 0 Å². The van der Waals surface area contributed by atoms with Crippen LogP contribution in [0.3, 0.4) is 0 Å². The maximum absolute atomic E-state index is 5.92. The number of rotatable bonds is 4. The molecule has 4 heteroatoms. The number of nitrogens with zero attached hydrogens (tertiary/aromatic N) is 2. The first-order valence-electron chi connectivity index (χ1n) is 6.02. The molecule has 0 saturated heterocycles. The van der Waals surface area contributed by atoms with Crippen LogP contribution in [0.4, 0.5) is 0 Å². The minimum Gasteiger partial charge on any atom is -0.484 e. The smallest absolute Gasteiger partial charge is 0.139 e. The summed E-state index contributed by atoms with van der Waals surface area (Å²) >= 11 is 0. The molecule has 1 atom stereocenters. The number of aryl methyl sites for hydroxylation is 3. The molecule has 1 aromatic carbocycles. The van der Waals surface area contributed by atoms with Gasteiger partial charge in [-0.15, -0.1) is 0 Å². The van der Waals surface area contributed by atoms with E-state index in [9.17, 15) is 0 Å². The van der Waals surface area contributed by atoms with E-state index in [0.717, 1.165) is 11.3 Å². The molecule has 18 heavy (non-hydrogen) atoms. The Morgan fingerprint density at radius 1 is 1.33 bits per heavy atom. The van der Waals surface area contributed by atoms with Crippen molar-refractivity contribution in [1.82, 2.24) is 9.78 Å². The maximum Gasteiger partial charge on any atom is 0.139 e. The Hall–Kier alpha value is -1.81. The summed E-state index contributed by atoms with van der Waals surface area (Å²) in [5.41, 5.74) is 9.24. The second kappa shape index (κ2) is 5.23. The summed E-state index contributed by atoms with van der Waals surface area (Å²) in [7, 11) is 1.88. The maximum atomic E-state index is 5.92. The van der Waals surface area contributed by atoms with Gasteiger partial charge in [0.05, 0.1) is 6.20 Å². The molecule has 0 aliphatic heterocycles. The van der Waals surface area contributed by atoms with Gasteiger partial charge in [0.15, 0.2) is 0 Å². The molecule has 0 fully saturated rings. The van der Waals surface area contributed by atoms with Crippen molar-refractivity contribution in [2.75, 3.05) is 6.54 Å². The molecule has 0 spiro atoms. The van der Waals surface area contributed by atoms with E-state index in [1.54, 1.807) is 10.9 Å². The van der Waals surface area contributed by atoms with Crippen LogP contribution < -0.4 is 10.5 Å². The lowest BCUT2D eigenvalue weighted by Crippen LogP contribution is -2.18. The molecule has 0 aliphatic carbocycles. The molecule has 0 aliphatic rings. The van der Waals surface area contributed by atoms with E-state index >= 15 is 0 Å². The summed E-state index contributed by atoms with van der Waals surface area (Å²) < 4.78 is 7.67. The topological polar surface area (TPSA) is 53.1 Å². The third-order valence-corrected chi connectivity index (χ3v) is 3.07. The molecule has 2 N–H and O–H groups in total. The van der Waals surface area contributed by atoms with Crippen molar-refractivity contribution in [2.45, 2.75) is 20.0 Å². The number of benzene rings is 1. The summed E-state index contributed by atoms with van der Waals surface area (Å²) in [6.45, 7) is 4.59. The predicted molar refractivity (Wildman–Crippen MR) is 71.5 cm³/mol. The Kier molecular flexibility index (Phi) is 3.67. The fourth-order valence-electron chi connectivity index (χ4n) is 1.81. The second-order valence-corrected chi connectivity index (χ2v) is 4.54. The highest BCUT2D eigenvalue weighted by Gasteiger charge is 2.13. The zero-order chi connectivity index (χ0) is 13.1. The molecule has 96 valence electrons. The average molecular weight is 245 g/mol. The monoisotopic (exact) mass is 245 g/mol. The standard InChI is InChI=1S/C14H19N3O/c1-10-4-5-13(6-11(10)2)18-14(7-15)12-8-16-17(3)9-12/h4-6,8-9,14H,7,15H2,1-3H3. The second-order valence-electron chi connectivity index (χ2n) is 4.54. The molecular formula is C14H19N3O. The number of hydrogen-bond donors (Lipinski definition) is 1. The molecular weight excluding hydrogens is 226 g/mol. The van der Waals surface area contributed by atoms with Gasteiger partial charge in [0.1, 0.15) is 11.9 Å². The number of ether oxygens (including phenoxy) is 1. The Labute approximate surface area is 107 Å². The minimum absolute atomic E-state index is 0.152. The van der Waals surface area contributed by atoms with Crippen molar-refractivity contribution < 1.29 is 4.74 Å². The third kappa shape index (κ3) is 2.71. The van der Waals surface area contributed by atoms with Gasteiger partial charge in [-0.05, 0) is 37.1 Å². The SMILES string of the molecule is Cc1ccc(OC(CN)c2cnn(C)c2)cc1C. The first-order valence-corrected chi connectivity index (χ1v) is 6.02. The number of hydrogen-bond acceptors (Lipinski definition) is 3. The first kappa shape index (κ1) is 12.6. The van der Waals surface area contributed by atoms with Crippen molar-refractivity contribution in [3.8, 4) is 5.75 Å². The van der Waals surface area contributed by atoms with Crippen LogP contribution >= 0.6 is 0 Å². The molecule has 0 bridgehead atoms. The fourth-order valence-corrected chi connectivity index (χ4v) is 1.81. The zero-order valence-corrected chi connectivity index (χ0v) is 11.1. The van der Waals surface area contributed by atoms with Gasteiger partial charge in [0.2, 0.25) is 0 Å². The Morgan fingerprint density at radius 2 is 2.11 bits per heavy atom. The van der Waals surface area contributed by atoms with Crippen LogP contribution in [-0.2, 0) is 7.05 Å². The highest BCUT2D eigenvalue weighted by Crippen LogP contribution is 2.23. The molecule has 2 aromatic rings. The lowest BCUT2D eigenvalue weighted by Gasteiger charge is -2.16. The largest absolute Gasteiger partial charge is 0.484 e. The Balaban J connectivity index is 2.17. The highest BCUT2D eigenvalue weighted by molar-refractivity contribution is 5.34. The lowest BCUT2D eigenvalue weighted by atomic mass is 10.1. The van der Waals surface area contributed by atoms with Crippen molar-refractivity contribution in [3.05, 3.63) is 47.3 Å². The van der Waals surface area contributed by atoms with Gasteiger partial charge in [-0.3, -0.25) is 4.68 Å². The zero-order valence-electron chi connectivity index (χ0n) is 11.1. The van der Waals surface area contributed by atoms with Gasteiger partial charge < -0.3 is 10.5 Å². The number of aromatic nitrogens is 2. The highest BCUT2D eigenvalue weighted by atomic mass is 16.5. The van der Waals surface area contributed by atoms with E-state index in [2.05, 4.69) is 25.0 Å². The van der Waals surface area contributed by atoms with Crippen LogP contribution in [0.15, 0.2) is 30.6 Å². The number of nitrogens with two attached hydrogens (primary N) is 1. The summed E-state index contributed by atoms with van der Waals surface area (Å²) in [5.74, 6) is 0.845. The summed E-state index contributed by atoms with van der Waals surface area (Å²) in [6.07, 6.45) is 3.57. The van der Waals surface area contributed by atoms with E-state index in [1.807, 2.05) is 25.4 Å². The Bertz CT molecular complexity index is 534. The van der Waals surface area contributed by atoms with Gasteiger partial charge >= 0.3 is 0 Å². The molecule has 1 heterocycles. The molecule has 1 aromatic heterocycles. The molecule has 0 amide bonds. The van der Waals surface area contributed by atoms with Crippen LogP contribution in [0, 0.1) is 13.8 Å². The molecule has 2 rings (SSSR count). The lowest BCUT2D eigenvalue weighted by molar-refractivity contribution is 0.214. The quantitative estimate of drug-likeness (QED) is 0.897. The normalized spacial score (nSPS) is 12.4. The van der Waals surface area contributed by atoms with Gasteiger partial charge in [-0.2, -0.15) is 5.10 Å². The van der Waals surface area contributed by atoms with Crippen molar-refractivity contribution in [1.29, 1.82) is 0 Å². The summed E-state index contributed by atoms with van der Waals surface area (Å²) in [4.78, 5) is 0. The molecule has 0 radical (unpaired) electrons. The first-order chi connectivity index (χ1) is 8.60. The minimum atomic E-state index is -0.152. The summed E-state index contributed by atoms with van der Waals surface area (Å²) in [5, 5.41) is 4.14. The van der Waals surface area contributed by atoms with Gasteiger partial charge in [0, 0.05) is 25.4 Å². The molecule has 0 saturated carbocycles. The van der Waals surface area contributed by atoms with Gasteiger partial charge in [-0.1, -0.05) is 6.07 Å². The molecule has 4 nitrogen and oxygen atoms in total. The van der Waals surface area contributed by atoms with Gasteiger partial charge in [0.25, 0.3) is 0 Å². The van der Waals surface area contributed by atoms with E-state index in [4.69, 9.17) is 10.5 Å². The fraction of sp³-hybridized carbons (Fsp3) is 0.357. The average Bonchev–Trinajstić information content (AvgIpc) is 2.77. The van der Waals surface area contributed by atoms with E-state index in [1.165, 1.54) is 11.1 Å². The van der Waals surface area contributed by atoms with E-state index < -0.39 is 0 Å². The predicted octanol–water partition coefficient (Wildman–Crippen LogP) is 2.12. The molecule has 1 unspecified atom stereocenters. The summed E-state index contributed by atoms with van der Waals surface area (Å²) in [6, 6.07) is 6.07. The van der Waals surface area contributed by atoms with Gasteiger partial charge in [-0.25, -0.2) is 0 Å².